The van der Waals surface area contributed by atoms with Crippen molar-refractivity contribution in [2.24, 2.45) is 5.92 Å². The second kappa shape index (κ2) is 16.0. The van der Waals surface area contributed by atoms with Gasteiger partial charge in [0.05, 0.1) is 6.61 Å². The zero-order chi connectivity index (χ0) is 14.8. The van der Waals surface area contributed by atoms with Crippen LogP contribution in [0.2, 0.25) is 0 Å². The van der Waals surface area contributed by atoms with Crippen LogP contribution in [0.4, 0.5) is 0 Å². The maximum Gasteiger partial charge on any atom is 0.293 e. The summed E-state index contributed by atoms with van der Waals surface area (Å²) in [7, 11) is 0. The molecule has 0 aromatic rings. The van der Waals surface area contributed by atoms with Gasteiger partial charge in [0.25, 0.3) is 6.47 Å². The van der Waals surface area contributed by atoms with Crippen LogP contribution in [0.25, 0.3) is 5.73 Å². The Morgan fingerprint density at radius 1 is 1.24 bits per heavy atom. The van der Waals surface area contributed by atoms with E-state index in [0.29, 0.717) is 12.9 Å². The molecule has 0 bridgehead atoms. The average Bonchev–Trinajstić information content (AvgIpc) is 2.38. The van der Waals surface area contributed by atoms with Crippen molar-refractivity contribution in [3.8, 4) is 0 Å². The third-order valence-corrected chi connectivity index (χ3v) is 2.58. The first-order valence-electron chi connectivity index (χ1n) is 6.28. The van der Waals surface area contributed by atoms with Gasteiger partial charge < -0.3 is 21.1 Å². The fraction of sp³-hybridized carbons (Fsp3) is 0.750. The molecule has 1 aliphatic heterocycles. The van der Waals surface area contributed by atoms with Gasteiger partial charge in [0, 0.05) is 83.5 Å². The summed E-state index contributed by atoms with van der Waals surface area (Å²) >= 11 is 0. The van der Waals surface area contributed by atoms with Gasteiger partial charge >= 0.3 is 0 Å². The molecule has 2 atom stereocenters. The molecule has 1 fully saturated rings. The largest absolute Gasteiger partial charge is 0.675 e. The molecular weight excluding hydrogens is 530 g/mol. The molecule has 1 heterocycles. The predicted octanol–water partition coefficient (Wildman–Crippen LogP) is 0.247. The van der Waals surface area contributed by atoms with Crippen LogP contribution in [-0.4, -0.2) is 43.5 Å². The maximum absolute atomic E-state index is 11.4. The van der Waals surface area contributed by atoms with Crippen molar-refractivity contribution < 1.29 is 103 Å². The van der Waals surface area contributed by atoms with Gasteiger partial charge in [-0.3, -0.25) is 14.4 Å². The first-order valence-corrected chi connectivity index (χ1v) is 6.28. The van der Waals surface area contributed by atoms with Gasteiger partial charge in [0.1, 0.15) is 12.1 Å². The Labute approximate surface area is 193 Å². The molecule has 9 heteroatoms. The Morgan fingerprint density at radius 2 is 1.81 bits per heavy atom. The number of amides is 2. The Kier molecular flexibility index (Phi) is 20.6. The summed E-state index contributed by atoms with van der Waals surface area (Å²) in [4.78, 5) is 32.0. The Morgan fingerprint density at radius 3 is 2.14 bits per heavy atom. The van der Waals surface area contributed by atoms with Crippen LogP contribution < -0.4 is 10.6 Å². The number of piperazine rings is 1. The van der Waals surface area contributed by atoms with Gasteiger partial charge in [-0.1, -0.05) is 20.8 Å². The monoisotopic (exact) mass is 552 g/mol. The van der Waals surface area contributed by atoms with Crippen molar-refractivity contribution in [1.29, 1.82) is 0 Å². The minimum Gasteiger partial charge on any atom is -0.675 e. The van der Waals surface area contributed by atoms with Crippen LogP contribution in [0.15, 0.2) is 0 Å². The molecule has 1 saturated heterocycles. The van der Waals surface area contributed by atoms with Crippen molar-refractivity contribution in [3.63, 3.8) is 0 Å². The zero-order valence-electron chi connectivity index (χ0n) is 12.6. The van der Waals surface area contributed by atoms with Crippen LogP contribution in [0, 0.1) is 89.4 Å². The summed E-state index contributed by atoms with van der Waals surface area (Å²) in [5.41, 5.74) is 6.42. The number of carbonyl (C=O) groups excluding carboxylic acids is 3. The van der Waals surface area contributed by atoms with E-state index in [1.54, 1.807) is 0 Å². The summed E-state index contributed by atoms with van der Waals surface area (Å²) < 4.78 is 4.11. The molecule has 7 nitrogen and oxygen atoms in total. The van der Waals surface area contributed by atoms with Crippen molar-refractivity contribution in [2.45, 2.75) is 39.3 Å². The number of rotatable bonds is 5. The van der Waals surface area contributed by atoms with E-state index >= 15 is 0 Å². The molecule has 118 valence electrons. The van der Waals surface area contributed by atoms with Gasteiger partial charge in [-0.2, -0.15) is 0 Å². The minimum atomic E-state index is -0.365. The van der Waals surface area contributed by atoms with E-state index in [1.807, 2.05) is 20.8 Å². The van der Waals surface area contributed by atoms with Crippen LogP contribution in [0.1, 0.15) is 27.2 Å². The normalized spacial score (nSPS) is 19.9. The molecular formula is C12H22Ce2N3O4-. The van der Waals surface area contributed by atoms with E-state index in [4.69, 9.17) is 5.73 Å². The molecule has 2 amide bonds. The number of ether oxygens (including phenoxy) is 1. The second-order valence-corrected chi connectivity index (χ2v) is 4.42. The van der Waals surface area contributed by atoms with E-state index in [-0.39, 0.29) is 126 Å². The molecule has 0 aromatic heterocycles. The number of nitrogens with one attached hydrogen (secondary N) is 3. The predicted molar refractivity (Wildman–Crippen MR) is 70.2 cm³/mol. The number of hydrogen-bond donors (Lipinski definition) is 2. The quantitative estimate of drug-likeness (QED) is 0.377. The summed E-state index contributed by atoms with van der Waals surface area (Å²) in [6.07, 6.45) is 0.641. The molecule has 2 unspecified atom stereocenters. The van der Waals surface area contributed by atoms with Gasteiger partial charge in [0.2, 0.25) is 11.8 Å². The number of carbonyl (C=O) groups is 3. The van der Waals surface area contributed by atoms with Gasteiger partial charge in [-0.25, -0.2) is 0 Å². The molecule has 21 heavy (non-hydrogen) atoms. The van der Waals surface area contributed by atoms with Crippen LogP contribution >= 0.6 is 0 Å². The first-order chi connectivity index (χ1) is 8.97. The van der Waals surface area contributed by atoms with E-state index in [2.05, 4.69) is 15.4 Å². The Balaban J connectivity index is -0.000000352. The van der Waals surface area contributed by atoms with Gasteiger partial charge in [-0.15, -0.1) is 6.54 Å². The Hall–Kier alpha value is 1.12. The van der Waals surface area contributed by atoms with Crippen LogP contribution in [-0.2, 0) is 19.1 Å². The van der Waals surface area contributed by atoms with Gasteiger partial charge in [-0.05, 0) is 12.3 Å². The summed E-state index contributed by atoms with van der Waals surface area (Å²) in [5, 5.41) is 5.41. The van der Waals surface area contributed by atoms with Crippen LogP contribution in [0.3, 0.4) is 0 Å². The van der Waals surface area contributed by atoms with Crippen molar-refractivity contribution in [2.75, 3.05) is 13.2 Å². The molecule has 0 aromatic carbocycles. The fourth-order valence-corrected chi connectivity index (χ4v) is 1.51. The van der Waals surface area contributed by atoms with Gasteiger partial charge in [0.15, 0.2) is 0 Å². The van der Waals surface area contributed by atoms with Crippen molar-refractivity contribution in [1.82, 2.24) is 10.6 Å². The van der Waals surface area contributed by atoms with E-state index in [9.17, 15) is 14.4 Å². The van der Waals surface area contributed by atoms with E-state index in [1.165, 1.54) is 0 Å². The Bertz CT molecular complexity index is 317. The molecule has 3 N–H and O–H groups in total. The number of hydrogen-bond acceptors (Lipinski definition) is 4. The maximum atomic E-state index is 11.4. The average molecular weight is 553 g/mol. The first kappa shape index (κ1) is 27.0. The standard InChI is InChI=1S/C9H16N2O2.C3H6NO2.2Ce/c1-4-6-8(12)11-7(5(2)3)9(13)10-6;4-1-2-6-3-5;;/h5-7H,4H2,1-3H3,(H,10,13)(H,11,12);3-4H,1-2H2;;/q;-1;;. The molecule has 0 aliphatic carbocycles. The summed E-state index contributed by atoms with van der Waals surface area (Å²) in [5.74, 6) is 0.00371. The molecule has 0 spiro atoms. The molecule has 1 aliphatic rings. The third-order valence-electron chi connectivity index (χ3n) is 2.58. The minimum absolute atomic E-state index is 0. The molecule has 0 radical (unpaired) electrons. The van der Waals surface area contributed by atoms with E-state index in [0.717, 1.165) is 0 Å². The van der Waals surface area contributed by atoms with Crippen molar-refractivity contribution in [3.05, 3.63) is 5.73 Å². The topological polar surface area (TPSA) is 108 Å². The fourth-order valence-electron chi connectivity index (χ4n) is 1.51. The zero-order valence-corrected chi connectivity index (χ0v) is 18.8. The molecule has 1 rings (SSSR count). The molecule has 0 saturated carbocycles. The second-order valence-electron chi connectivity index (χ2n) is 4.42. The summed E-state index contributed by atoms with van der Waals surface area (Å²) in [6, 6.07) is -0.710. The van der Waals surface area contributed by atoms with Crippen molar-refractivity contribution >= 4 is 18.3 Å². The van der Waals surface area contributed by atoms with E-state index < -0.39 is 0 Å². The van der Waals surface area contributed by atoms with Crippen LogP contribution in [0.5, 0.6) is 0 Å². The third kappa shape index (κ3) is 11.3. The SMILES string of the molecule is CCC1NC(=O)C(C(C)C)NC1=O.[Ce].[Ce].[NH-]CCOC=O. The smallest absolute Gasteiger partial charge is 0.293 e. The summed E-state index contributed by atoms with van der Waals surface area (Å²) in [6.45, 7) is 6.41.